The first-order valence-electron chi connectivity index (χ1n) is 5.27. The van der Waals surface area contributed by atoms with E-state index in [2.05, 4.69) is 28.9 Å². The minimum Gasteiger partial charge on any atom is -0.381 e. The largest absolute Gasteiger partial charge is 0.381 e. The van der Waals surface area contributed by atoms with Crippen molar-refractivity contribution in [2.24, 2.45) is 11.7 Å². The highest BCUT2D eigenvalue weighted by atomic mass is 79.9. The molecule has 84 valence electrons. The molecular formula is C11H16BrNOS. The second kappa shape index (κ2) is 4.95. The van der Waals surface area contributed by atoms with Crippen molar-refractivity contribution in [2.45, 2.75) is 25.8 Å². The molecule has 2 heterocycles. The highest BCUT2D eigenvalue weighted by Crippen LogP contribution is 2.34. The molecule has 1 aromatic rings. The molecule has 1 saturated heterocycles. The Bertz CT molecular complexity index is 333. The Morgan fingerprint density at radius 3 is 3.00 bits per heavy atom. The van der Waals surface area contributed by atoms with E-state index in [4.69, 9.17) is 10.5 Å². The molecule has 0 bridgehead atoms. The van der Waals surface area contributed by atoms with Gasteiger partial charge in [0.15, 0.2) is 0 Å². The Morgan fingerprint density at radius 2 is 2.47 bits per heavy atom. The quantitative estimate of drug-likeness (QED) is 0.907. The fourth-order valence-corrected chi connectivity index (χ4v) is 3.86. The zero-order chi connectivity index (χ0) is 10.8. The zero-order valence-electron chi connectivity index (χ0n) is 8.83. The van der Waals surface area contributed by atoms with Crippen molar-refractivity contribution in [2.75, 3.05) is 13.2 Å². The van der Waals surface area contributed by atoms with Crippen molar-refractivity contribution in [3.8, 4) is 0 Å². The van der Waals surface area contributed by atoms with Gasteiger partial charge < -0.3 is 10.5 Å². The first-order chi connectivity index (χ1) is 7.18. The van der Waals surface area contributed by atoms with E-state index in [1.54, 1.807) is 11.3 Å². The molecule has 0 spiro atoms. The van der Waals surface area contributed by atoms with Crippen molar-refractivity contribution in [1.29, 1.82) is 0 Å². The molecule has 0 aliphatic carbocycles. The number of hydrogen-bond acceptors (Lipinski definition) is 3. The summed E-state index contributed by atoms with van der Waals surface area (Å²) in [7, 11) is 0. The number of aryl methyl sites for hydroxylation is 1. The van der Waals surface area contributed by atoms with Crippen molar-refractivity contribution in [3.05, 3.63) is 20.3 Å². The number of rotatable bonds is 2. The number of thiophene rings is 1. The Labute approximate surface area is 103 Å². The third-order valence-electron chi connectivity index (χ3n) is 2.99. The second-order valence-electron chi connectivity index (χ2n) is 4.07. The van der Waals surface area contributed by atoms with Gasteiger partial charge in [0.2, 0.25) is 0 Å². The predicted molar refractivity (Wildman–Crippen MR) is 67.2 cm³/mol. The van der Waals surface area contributed by atoms with Gasteiger partial charge >= 0.3 is 0 Å². The van der Waals surface area contributed by atoms with E-state index in [0.717, 1.165) is 19.6 Å². The summed E-state index contributed by atoms with van der Waals surface area (Å²) in [4.78, 5) is 1.32. The van der Waals surface area contributed by atoms with Gasteiger partial charge in [-0.1, -0.05) is 0 Å². The van der Waals surface area contributed by atoms with Gasteiger partial charge in [-0.15, -0.1) is 11.3 Å². The van der Waals surface area contributed by atoms with E-state index in [9.17, 15) is 0 Å². The van der Waals surface area contributed by atoms with Crippen molar-refractivity contribution in [3.63, 3.8) is 0 Å². The van der Waals surface area contributed by atoms with Gasteiger partial charge in [0.1, 0.15) is 0 Å². The van der Waals surface area contributed by atoms with Crippen molar-refractivity contribution < 1.29 is 4.74 Å². The first kappa shape index (κ1) is 11.6. The second-order valence-corrected chi connectivity index (χ2v) is 6.70. The van der Waals surface area contributed by atoms with Crippen LogP contribution in [0.15, 0.2) is 9.85 Å². The van der Waals surface area contributed by atoms with Crippen LogP contribution in [0.3, 0.4) is 0 Å². The van der Waals surface area contributed by atoms with E-state index in [1.807, 2.05) is 0 Å². The molecule has 2 N–H and O–H groups in total. The predicted octanol–water partition coefficient (Wildman–Crippen LogP) is 3.25. The molecule has 0 saturated carbocycles. The molecule has 1 fully saturated rings. The van der Waals surface area contributed by atoms with Crippen LogP contribution in [0.5, 0.6) is 0 Å². The topological polar surface area (TPSA) is 35.2 Å². The molecule has 2 unspecified atom stereocenters. The lowest BCUT2D eigenvalue weighted by Crippen LogP contribution is -2.29. The SMILES string of the molecule is Cc1sc(Br)cc1C(N)C1CCCOC1. The third-order valence-corrected chi connectivity index (χ3v) is 4.56. The molecule has 1 aromatic heterocycles. The summed E-state index contributed by atoms with van der Waals surface area (Å²) in [5, 5.41) is 0. The molecular weight excluding hydrogens is 274 g/mol. The van der Waals surface area contributed by atoms with E-state index in [-0.39, 0.29) is 6.04 Å². The Hall–Kier alpha value is 0.1000. The standard InChI is InChI=1S/C11H16BrNOS/c1-7-9(5-10(12)15-7)11(13)8-3-2-4-14-6-8/h5,8,11H,2-4,6,13H2,1H3. The molecule has 2 nitrogen and oxygen atoms in total. The van der Waals surface area contributed by atoms with Crippen LogP contribution in [0, 0.1) is 12.8 Å². The maximum atomic E-state index is 6.29. The van der Waals surface area contributed by atoms with Gasteiger partial charge in [-0.05, 0) is 47.3 Å². The van der Waals surface area contributed by atoms with Crippen molar-refractivity contribution in [1.82, 2.24) is 0 Å². The molecule has 0 amide bonds. The van der Waals surface area contributed by atoms with E-state index >= 15 is 0 Å². The molecule has 1 aliphatic heterocycles. The minimum atomic E-state index is 0.132. The van der Waals surface area contributed by atoms with Crippen LogP contribution in [0.25, 0.3) is 0 Å². The van der Waals surface area contributed by atoms with Crippen LogP contribution in [-0.4, -0.2) is 13.2 Å². The fraction of sp³-hybridized carbons (Fsp3) is 0.636. The maximum absolute atomic E-state index is 6.29. The summed E-state index contributed by atoms with van der Waals surface area (Å²) in [6.07, 6.45) is 2.33. The fourth-order valence-electron chi connectivity index (χ4n) is 2.09. The number of hydrogen-bond donors (Lipinski definition) is 1. The van der Waals surface area contributed by atoms with E-state index in [1.165, 1.54) is 20.6 Å². The van der Waals surface area contributed by atoms with Gasteiger partial charge in [0, 0.05) is 23.4 Å². The molecule has 0 aromatic carbocycles. The summed E-state index contributed by atoms with van der Waals surface area (Å²) >= 11 is 5.26. The van der Waals surface area contributed by atoms with Gasteiger partial charge in [-0.2, -0.15) is 0 Å². The van der Waals surface area contributed by atoms with Gasteiger partial charge in [0.25, 0.3) is 0 Å². The Morgan fingerprint density at radius 1 is 1.67 bits per heavy atom. The highest BCUT2D eigenvalue weighted by Gasteiger charge is 2.24. The molecule has 1 aliphatic rings. The lowest BCUT2D eigenvalue weighted by molar-refractivity contribution is 0.0447. The van der Waals surface area contributed by atoms with Crippen LogP contribution in [-0.2, 0) is 4.74 Å². The van der Waals surface area contributed by atoms with Crippen LogP contribution in [0.2, 0.25) is 0 Å². The van der Waals surface area contributed by atoms with Crippen LogP contribution < -0.4 is 5.73 Å². The van der Waals surface area contributed by atoms with E-state index < -0.39 is 0 Å². The number of ether oxygens (including phenoxy) is 1. The summed E-state index contributed by atoms with van der Waals surface area (Å²) in [5.74, 6) is 0.485. The molecule has 4 heteroatoms. The van der Waals surface area contributed by atoms with E-state index in [0.29, 0.717) is 5.92 Å². The summed E-state index contributed by atoms with van der Waals surface area (Å²) in [6, 6.07) is 2.28. The van der Waals surface area contributed by atoms with Gasteiger partial charge in [-0.25, -0.2) is 0 Å². The summed E-state index contributed by atoms with van der Waals surface area (Å²) < 4.78 is 6.65. The monoisotopic (exact) mass is 289 g/mol. The van der Waals surface area contributed by atoms with Crippen LogP contribution in [0.4, 0.5) is 0 Å². The smallest absolute Gasteiger partial charge is 0.0704 e. The lowest BCUT2D eigenvalue weighted by atomic mass is 9.90. The summed E-state index contributed by atoms with van der Waals surface area (Å²) in [5.41, 5.74) is 7.57. The first-order valence-corrected chi connectivity index (χ1v) is 6.88. The van der Waals surface area contributed by atoms with Crippen LogP contribution in [0.1, 0.15) is 29.3 Å². The van der Waals surface area contributed by atoms with Crippen LogP contribution >= 0.6 is 27.3 Å². The third kappa shape index (κ3) is 2.61. The lowest BCUT2D eigenvalue weighted by Gasteiger charge is -2.27. The summed E-state index contributed by atoms with van der Waals surface area (Å²) in [6.45, 7) is 3.85. The maximum Gasteiger partial charge on any atom is 0.0704 e. The minimum absolute atomic E-state index is 0.132. The average molecular weight is 290 g/mol. The highest BCUT2D eigenvalue weighted by molar-refractivity contribution is 9.11. The average Bonchev–Trinajstić information content (AvgIpc) is 2.58. The number of halogens is 1. The van der Waals surface area contributed by atoms with Crippen molar-refractivity contribution >= 4 is 27.3 Å². The molecule has 15 heavy (non-hydrogen) atoms. The van der Waals surface area contributed by atoms with Gasteiger partial charge in [-0.3, -0.25) is 0 Å². The zero-order valence-corrected chi connectivity index (χ0v) is 11.2. The van der Waals surface area contributed by atoms with Gasteiger partial charge in [0.05, 0.1) is 10.4 Å². The Kier molecular flexibility index (Phi) is 3.83. The molecule has 2 rings (SSSR count). The molecule has 2 atom stereocenters. The Balaban J connectivity index is 2.12. The number of nitrogens with two attached hydrogens (primary N) is 1. The molecule has 0 radical (unpaired) electrons. The normalized spacial score (nSPS) is 24.1.